The molecular formula is C9H14N4O3S. The number of amides is 1. The van der Waals surface area contributed by atoms with E-state index in [1.165, 1.54) is 0 Å². The van der Waals surface area contributed by atoms with Gasteiger partial charge in [0.1, 0.15) is 5.60 Å². The van der Waals surface area contributed by atoms with Crippen molar-refractivity contribution in [2.45, 2.75) is 12.0 Å². The number of nitrogens with one attached hydrogen (secondary N) is 1. The van der Waals surface area contributed by atoms with Crippen LogP contribution in [0.25, 0.3) is 0 Å². The number of aromatic nitrogens is 2. The van der Waals surface area contributed by atoms with Crippen LogP contribution in [0.5, 0.6) is 0 Å². The van der Waals surface area contributed by atoms with Gasteiger partial charge in [0.05, 0.1) is 6.61 Å². The molecule has 1 aliphatic rings. The zero-order valence-electron chi connectivity index (χ0n) is 9.43. The van der Waals surface area contributed by atoms with Crippen molar-refractivity contribution in [1.82, 2.24) is 15.5 Å². The molecule has 1 atom stereocenters. The van der Waals surface area contributed by atoms with Crippen molar-refractivity contribution in [2.24, 2.45) is 0 Å². The predicted octanol–water partition coefficient (Wildman–Crippen LogP) is -0.344. The minimum atomic E-state index is -0.425. The topological polar surface area (TPSA) is 99.4 Å². The SMILES string of the molecule is COC1(CNC(=O)c2nnc(N)s2)CCOC1. The minimum Gasteiger partial charge on any atom is -0.378 e. The lowest BCUT2D eigenvalue weighted by Crippen LogP contribution is -2.45. The van der Waals surface area contributed by atoms with E-state index in [1.54, 1.807) is 7.11 Å². The summed E-state index contributed by atoms with van der Waals surface area (Å²) in [5, 5.41) is 10.5. The van der Waals surface area contributed by atoms with Gasteiger partial charge < -0.3 is 20.5 Å². The molecule has 2 rings (SSSR count). The largest absolute Gasteiger partial charge is 0.378 e. The highest BCUT2D eigenvalue weighted by Crippen LogP contribution is 2.21. The quantitative estimate of drug-likeness (QED) is 0.766. The van der Waals surface area contributed by atoms with Crippen LogP contribution in [0.15, 0.2) is 0 Å². The van der Waals surface area contributed by atoms with E-state index in [0.29, 0.717) is 19.8 Å². The summed E-state index contributed by atoms with van der Waals surface area (Å²) >= 11 is 1.06. The Morgan fingerprint density at radius 1 is 1.71 bits per heavy atom. The van der Waals surface area contributed by atoms with Gasteiger partial charge >= 0.3 is 0 Å². The Morgan fingerprint density at radius 2 is 2.53 bits per heavy atom. The van der Waals surface area contributed by atoms with Crippen LogP contribution in [0.3, 0.4) is 0 Å². The van der Waals surface area contributed by atoms with E-state index in [0.717, 1.165) is 17.8 Å². The molecule has 1 amide bonds. The molecule has 0 spiro atoms. The highest BCUT2D eigenvalue weighted by atomic mass is 32.1. The first kappa shape index (κ1) is 12.2. The average molecular weight is 258 g/mol. The van der Waals surface area contributed by atoms with Crippen molar-refractivity contribution in [3.05, 3.63) is 5.01 Å². The number of hydrogen-bond donors (Lipinski definition) is 2. The molecule has 1 fully saturated rings. The standard InChI is InChI=1S/C9H14N4O3S/c1-15-9(2-3-16-5-9)4-11-6(14)7-12-13-8(10)17-7/h2-5H2,1H3,(H2,10,13)(H,11,14). The lowest BCUT2D eigenvalue weighted by Gasteiger charge is -2.25. The van der Waals surface area contributed by atoms with Gasteiger partial charge in [-0.2, -0.15) is 0 Å². The van der Waals surface area contributed by atoms with Crippen molar-refractivity contribution < 1.29 is 14.3 Å². The van der Waals surface area contributed by atoms with Crippen molar-refractivity contribution in [1.29, 1.82) is 0 Å². The fourth-order valence-corrected chi connectivity index (χ4v) is 2.13. The summed E-state index contributed by atoms with van der Waals surface area (Å²) in [5.41, 5.74) is 4.98. The average Bonchev–Trinajstić information content (AvgIpc) is 2.95. The van der Waals surface area contributed by atoms with E-state index >= 15 is 0 Å². The summed E-state index contributed by atoms with van der Waals surface area (Å²) < 4.78 is 10.7. The first-order valence-electron chi connectivity index (χ1n) is 5.15. The van der Waals surface area contributed by atoms with Crippen LogP contribution < -0.4 is 11.1 Å². The number of rotatable bonds is 4. The number of nitrogens with zero attached hydrogens (tertiary/aromatic N) is 2. The van der Waals surface area contributed by atoms with Gasteiger partial charge in [-0.15, -0.1) is 10.2 Å². The van der Waals surface area contributed by atoms with Crippen molar-refractivity contribution in [2.75, 3.05) is 32.6 Å². The molecule has 0 aliphatic carbocycles. The molecule has 1 unspecified atom stereocenters. The Balaban J connectivity index is 1.91. The van der Waals surface area contributed by atoms with Crippen molar-refractivity contribution >= 4 is 22.4 Å². The Bertz CT molecular complexity index is 403. The summed E-state index contributed by atoms with van der Waals surface area (Å²) in [5.74, 6) is -0.289. The zero-order valence-corrected chi connectivity index (χ0v) is 10.2. The van der Waals surface area contributed by atoms with Gasteiger partial charge in [0.25, 0.3) is 5.91 Å². The van der Waals surface area contributed by atoms with Crippen molar-refractivity contribution in [3.8, 4) is 0 Å². The minimum absolute atomic E-state index is 0.257. The Morgan fingerprint density at radius 3 is 3.06 bits per heavy atom. The number of nitrogens with two attached hydrogens (primary N) is 1. The lowest BCUT2D eigenvalue weighted by atomic mass is 10.0. The van der Waals surface area contributed by atoms with Gasteiger partial charge in [0.2, 0.25) is 10.1 Å². The molecule has 0 bridgehead atoms. The molecule has 0 aromatic carbocycles. The molecule has 3 N–H and O–H groups in total. The number of carbonyl (C=O) groups is 1. The van der Waals surface area contributed by atoms with Crippen LogP contribution in [0, 0.1) is 0 Å². The van der Waals surface area contributed by atoms with Crippen LogP contribution in [-0.2, 0) is 9.47 Å². The molecule has 1 saturated heterocycles. The molecular weight excluding hydrogens is 244 g/mol. The third kappa shape index (κ3) is 2.71. The molecule has 94 valence electrons. The second-order valence-electron chi connectivity index (χ2n) is 3.82. The molecule has 1 aromatic heterocycles. The monoisotopic (exact) mass is 258 g/mol. The maximum Gasteiger partial charge on any atom is 0.282 e. The van der Waals surface area contributed by atoms with Crippen LogP contribution in [0.1, 0.15) is 16.2 Å². The van der Waals surface area contributed by atoms with Gasteiger partial charge in [-0.05, 0) is 0 Å². The van der Waals surface area contributed by atoms with Crippen LogP contribution >= 0.6 is 11.3 Å². The maximum absolute atomic E-state index is 11.7. The molecule has 1 aliphatic heterocycles. The zero-order chi connectivity index (χ0) is 12.3. The lowest BCUT2D eigenvalue weighted by molar-refractivity contribution is -0.0148. The Hall–Kier alpha value is -1.25. The summed E-state index contributed by atoms with van der Waals surface area (Å²) in [6, 6.07) is 0. The third-order valence-corrected chi connectivity index (χ3v) is 3.46. The molecule has 0 saturated carbocycles. The van der Waals surface area contributed by atoms with Gasteiger partial charge in [-0.1, -0.05) is 11.3 Å². The van der Waals surface area contributed by atoms with E-state index in [9.17, 15) is 4.79 Å². The summed E-state index contributed by atoms with van der Waals surface area (Å²) in [6.07, 6.45) is 0.766. The first-order valence-corrected chi connectivity index (χ1v) is 5.97. The molecule has 1 aromatic rings. The number of hydrogen-bond acceptors (Lipinski definition) is 7. The van der Waals surface area contributed by atoms with Gasteiger partial charge in [-0.3, -0.25) is 4.79 Å². The number of carbonyl (C=O) groups excluding carboxylic acids is 1. The van der Waals surface area contributed by atoms with Crippen molar-refractivity contribution in [3.63, 3.8) is 0 Å². The second-order valence-corrected chi connectivity index (χ2v) is 4.83. The Labute approximate surface area is 102 Å². The highest BCUT2D eigenvalue weighted by Gasteiger charge is 2.35. The summed E-state index contributed by atoms with van der Waals surface area (Å²) in [4.78, 5) is 11.7. The van der Waals surface area contributed by atoms with E-state index in [-0.39, 0.29) is 16.0 Å². The van der Waals surface area contributed by atoms with E-state index in [2.05, 4.69) is 15.5 Å². The third-order valence-electron chi connectivity index (χ3n) is 2.71. The van der Waals surface area contributed by atoms with E-state index < -0.39 is 5.60 Å². The normalized spacial score (nSPS) is 23.8. The predicted molar refractivity (Wildman–Crippen MR) is 61.8 cm³/mol. The van der Waals surface area contributed by atoms with Gasteiger partial charge in [-0.25, -0.2) is 0 Å². The fourth-order valence-electron chi connectivity index (χ4n) is 1.60. The van der Waals surface area contributed by atoms with Gasteiger partial charge in [0.15, 0.2) is 0 Å². The molecule has 8 heteroatoms. The second kappa shape index (κ2) is 4.94. The number of methoxy groups -OCH3 is 1. The maximum atomic E-state index is 11.7. The fraction of sp³-hybridized carbons (Fsp3) is 0.667. The molecule has 2 heterocycles. The summed E-state index contributed by atoms with van der Waals surface area (Å²) in [6.45, 7) is 1.53. The first-order chi connectivity index (χ1) is 8.15. The molecule has 7 nitrogen and oxygen atoms in total. The summed E-state index contributed by atoms with van der Waals surface area (Å²) in [7, 11) is 1.61. The van der Waals surface area contributed by atoms with Gasteiger partial charge in [0, 0.05) is 26.7 Å². The molecule has 17 heavy (non-hydrogen) atoms. The Kier molecular flexibility index (Phi) is 3.55. The number of nitrogen functional groups attached to an aromatic ring is 1. The van der Waals surface area contributed by atoms with Crippen LogP contribution in [0.4, 0.5) is 5.13 Å². The molecule has 0 radical (unpaired) electrons. The van der Waals surface area contributed by atoms with Crippen LogP contribution in [0.2, 0.25) is 0 Å². The number of ether oxygens (including phenoxy) is 2. The van der Waals surface area contributed by atoms with Crippen LogP contribution in [-0.4, -0.2) is 48.6 Å². The van der Waals surface area contributed by atoms with E-state index in [4.69, 9.17) is 15.2 Å². The highest BCUT2D eigenvalue weighted by molar-refractivity contribution is 7.16. The van der Waals surface area contributed by atoms with E-state index in [1.807, 2.05) is 0 Å². The smallest absolute Gasteiger partial charge is 0.282 e. The number of anilines is 1.